The number of nitrogens with zero attached hydrogens (tertiary/aromatic N) is 1. The van der Waals surface area contributed by atoms with E-state index in [1.54, 1.807) is 4.90 Å². The van der Waals surface area contributed by atoms with Crippen molar-refractivity contribution in [3.63, 3.8) is 0 Å². The number of carbonyl (C=O) groups excluding carboxylic acids is 1. The predicted octanol–water partition coefficient (Wildman–Crippen LogP) is 2.93. The molecule has 1 aliphatic rings. The average molecular weight is 318 g/mol. The minimum Gasteiger partial charge on any atom is -0.397 e. The number of anilines is 2. The summed E-state index contributed by atoms with van der Waals surface area (Å²) in [7, 11) is 0. The maximum Gasteiger partial charge on any atom is 0.227 e. The lowest BCUT2D eigenvalue weighted by Crippen LogP contribution is -2.25. The zero-order valence-corrected chi connectivity index (χ0v) is 11.9. The highest BCUT2D eigenvalue weighted by Crippen LogP contribution is 2.34. The number of nitrogens with two attached hydrogens (primary N) is 1. The third-order valence-electron chi connectivity index (χ3n) is 3.04. The van der Waals surface area contributed by atoms with E-state index in [0.717, 1.165) is 15.7 Å². The maximum atomic E-state index is 11.9. The van der Waals surface area contributed by atoms with Gasteiger partial charge in [0.25, 0.3) is 0 Å². The minimum atomic E-state index is 0.0971. The number of alkyl halides is 1. The second-order valence-electron chi connectivity index (χ2n) is 4.38. The molecule has 1 amide bonds. The molecule has 1 heterocycles. The van der Waals surface area contributed by atoms with Gasteiger partial charge in [-0.05, 0) is 30.5 Å². The number of rotatable bonds is 2. The molecule has 2 N–H and O–H groups in total. The standard InChI is InChI=1S/C12H14BrClN2O/c1-7-2-9(13)4-10(12(7)15)16-6-8(5-14)3-11(16)17/h2,4,8H,3,5-6,15H2,1H3. The van der Waals surface area contributed by atoms with Crippen molar-refractivity contribution in [2.45, 2.75) is 13.3 Å². The van der Waals surface area contributed by atoms with Gasteiger partial charge in [0.15, 0.2) is 0 Å². The summed E-state index contributed by atoms with van der Waals surface area (Å²) in [5, 5.41) is 0. The summed E-state index contributed by atoms with van der Waals surface area (Å²) < 4.78 is 0.932. The van der Waals surface area contributed by atoms with Crippen LogP contribution in [0.2, 0.25) is 0 Å². The SMILES string of the molecule is Cc1cc(Br)cc(N2CC(CCl)CC2=O)c1N. The summed E-state index contributed by atoms with van der Waals surface area (Å²) in [6.07, 6.45) is 0.508. The number of carbonyl (C=O) groups is 1. The fourth-order valence-electron chi connectivity index (χ4n) is 2.08. The first kappa shape index (κ1) is 12.7. The molecule has 1 atom stereocenters. The molecule has 3 nitrogen and oxygen atoms in total. The summed E-state index contributed by atoms with van der Waals surface area (Å²) in [5.74, 6) is 0.831. The van der Waals surface area contributed by atoms with E-state index in [2.05, 4.69) is 15.9 Å². The Kier molecular flexibility index (Phi) is 3.64. The topological polar surface area (TPSA) is 46.3 Å². The highest BCUT2D eigenvalue weighted by Gasteiger charge is 2.31. The normalized spacial score (nSPS) is 20.1. The van der Waals surface area contributed by atoms with Crippen molar-refractivity contribution in [1.82, 2.24) is 0 Å². The smallest absolute Gasteiger partial charge is 0.227 e. The molecule has 1 unspecified atom stereocenters. The van der Waals surface area contributed by atoms with E-state index in [1.807, 2.05) is 19.1 Å². The lowest BCUT2D eigenvalue weighted by Gasteiger charge is -2.20. The van der Waals surface area contributed by atoms with Crippen LogP contribution in [0, 0.1) is 12.8 Å². The molecule has 5 heteroatoms. The van der Waals surface area contributed by atoms with Gasteiger partial charge in [0.1, 0.15) is 0 Å². The molecule has 92 valence electrons. The van der Waals surface area contributed by atoms with Gasteiger partial charge >= 0.3 is 0 Å². The van der Waals surface area contributed by atoms with Crippen molar-refractivity contribution >= 4 is 44.8 Å². The molecule has 0 aliphatic carbocycles. The van der Waals surface area contributed by atoms with Crippen molar-refractivity contribution in [3.05, 3.63) is 22.2 Å². The average Bonchev–Trinajstić information content (AvgIpc) is 2.65. The summed E-state index contributed by atoms with van der Waals surface area (Å²) in [4.78, 5) is 13.7. The van der Waals surface area contributed by atoms with Crippen molar-refractivity contribution in [1.29, 1.82) is 0 Å². The number of halogens is 2. The molecule has 1 fully saturated rings. The maximum absolute atomic E-state index is 11.9. The van der Waals surface area contributed by atoms with Gasteiger partial charge in [-0.25, -0.2) is 0 Å². The van der Waals surface area contributed by atoms with Gasteiger partial charge in [-0.1, -0.05) is 15.9 Å². The number of aryl methyl sites for hydroxylation is 1. The number of benzene rings is 1. The highest BCUT2D eigenvalue weighted by molar-refractivity contribution is 9.10. The van der Waals surface area contributed by atoms with Crippen LogP contribution >= 0.6 is 27.5 Å². The van der Waals surface area contributed by atoms with E-state index in [0.29, 0.717) is 24.5 Å². The fourth-order valence-corrected chi connectivity index (χ4v) is 2.84. The summed E-state index contributed by atoms with van der Waals surface area (Å²) in [6, 6.07) is 3.83. The van der Waals surface area contributed by atoms with Gasteiger partial charge in [-0.2, -0.15) is 0 Å². The van der Waals surface area contributed by atoms with Crippen LogP contribution in [0.4, 0.5) is 11.4 Å². The van der Waals surface area contributed by atoms with Gasteiger partial charge in [0.2, 0.25) is 5.91 Å². The van der Waals surface area contributed by atoms with E-state index in [-0.39, 0.29) is 11.8 Å². The van der Waals surface area contributed by atoms with Crippen LogP contribution in [0.25, 0.3) is 0 Å². The first-order chi connectivity index (χ1) is 8.02. The Morgan fingerprint density at radius 3 is 2.88 bits per heavy atom. The summed E-state index contributed by atoms with van der Waals surface area (Å²) >= 11 is 9.24. The van der Waals surface area contributed by atoms with Gasteiger partial charge in [-0.15, -0.1) is 11.6 Å². The Morgan fingerprint density at radius 1 is 1.59 bits per heavy atom. The second kappa shape index (κ2) is 4.86. The molecule has 1 aromatic rings. The molecular weight excluding hydrogens is 304 g/mol. The quantitative estimate of drug-likeness (QED) is 0.673. The molecular formula is C12H14BrClN2O. The van der Waals surface area contributed by atoms with E-state index >= 15 is 0 Å². The molecule has 1 aliphatic heterocycles. The van der Waals surface area contributed by atoms with Crippen molar-refractivity contribution < 1.29 is 4.79 Å². The number of hydrogen-bond acceptors (Lipinski definition) is 2. The number of hydrogen-bond donors (Lipinski definition) is 1. The molecule has 0 saturated carbocycles. The van der Waals surface area contributed by atoms with E-state index in [9.17, 15) is 4.79 Å². The van der Waals surface area contributed by atoms with Gasteiger partial charge in [-0.3, -0.25) is 4.79 Å². The fraction of sp³-hybridized carbons (Fsp3) is 0.417. The third-order valence-corrected chi connectivity index (χ3v) is 3.94. The number of nitrogen functional groups attached to an aromatic ring is 1. The van der Waals surface area contributed by atoms with Crippen LogP contribution in [0.15, 0.2) is 16.6 Å². The Balaban J connectivity index is 2.38. The van der Waals surface area contributed by atoms with Gasteiger partial charge in [0, 0.05) is 23.3 Å². The molecule has 2 rings (SSSR count). The zero-order valence-electron chi connectivity index (χ0n) is 9.54. The van der Waals surface area contributed by atoms with E-state index < -0.39 is 0 Å². The van der Waals surface area contributed by atoms with Crippen LogP contribution < -0.4 is 10.6 Å². The van der Waals surface area contributed by atoms with E-state index in [1.165, 1.54) is 0 Å². The molecule has 0 bridgehead atoms. The molecule has 1 saturated heterocycles. The Morgan fingerprint density at radius 2 is 2.29 bits per heavy atom. The second-order valence-corrected chi connectivity index (χ2v) is 5.61. The summed E-state index contributed by atoms with van der Waals surface area (Å²) in [6.45, 7) is 2.59. The largest absolute Gasteiger partial charge is 0.397 e. The third kappa shape index (κ3) is 2.43. The number of amides is 1. The first-order valence-corrected chi connectivity index (χ1v) is 6.77. The van der Waals surface area contributed by atoms with Crippen LogP contribution in [0.3, 0.4) is 0 Å². The molecule has 0 spiro atoms. The van der Waals surface area contributed by atoms with E-state index in [4.69, 9.17) is 17.3 Å². The van der Waals surface area contributed by atoms with Gasteiger partial charge in [0.05, 0.1) is 11.4 Å². The first-order valence-electron chi connectivity index (χ1n) is 5.45. The monoisotopic (exact) mass is 316 g/mol. The molecule has 17 heavy (non-hydrogen) atoms. The molecule has 0 aromatic heterocycles. The Hall–Kier alpha value is -0.740. The minimum absolute atomic E-state index is 0.0971. The van der Waals surface area contributed by atoms with Crippen molar-refractivity contribution in [2.75, 3.05) is 23.1 Å². The van der Waals surface area contributed by atoms with Crippen molar-refractivity contribution in [3.8, 4) is 0 Å². The lowest BCUT2D eigenvalue weighted by atomic mass is 10.1. The predicted molar refractivity (Wildman–Crippen MR) is 74.5 cm³/mol. The molecule has 1 aromatic carbocycles. The van der Waals surface area contributed by atoms with Crippen LogP contribution in [0.5, 0.6) is 0 Å². The molecule has 0 radical (unpaired) electrons. The Bertz CT molecular complexity index is 464. The lowest BCUT2D eigenvalue weighted by molar-refractivity contribution is -0.117. The van der Waals surface area contributed by atoms with Crippen molar-refractivity contribution in [2.24, 2.45) is 5.92 Å². The highest BCUT2D eigenvalue weighted by atomic mass is 79.9. The van der Waals surface area contributed by atoms with Crippen LogP contribution in [-0.4, -0.2) is 18.3 Å². The van der Waals surface area contributed by atoms with Gasteiger partial charge < -0.3 is 10.6 Å². The van der Waals surface area contributed by atoms with Crippen LogP contribution in [0.1, 0.15) is 12.0 Å². The zero-order chi connectivity index (χ0) is 12.6. The Labute approximate surface area is 114 Å². The summed E-state index contributed by atoms with van der Waals surface area (Å²) in [5.41, 5.74) is 8.45. The van der Waals surface area contributed by atoms with Crippen LogP contribution in [-0.2, 0) is 4.79 Å².